The highest BCUT2D eigenvalue weighted by Crippen LogP contribution is 2.43. The van der Waals surface area contributed by atoms with Gasteiger partial charge in [0.15, 0.2) is 0 Å². The summed E-state index contributed by atoms with van der Waals surface area (Å²) in [4.78, 5) is 25.4. The standard InChI is InChI=1S/C27H26F3N7O2S/c1-16-11-18(13-20(12-16)35-25-31-10-6-22(36-25)27(28,29)30)21-15-33-24(40-21)26(39)7-4-17(5-8-26)23(38)32-14-19-3-2-9-34-37-19/h2-3,6,9-13,15,17,39H,4-5,7-8,14H2,1H3,(H,32,38)(H,31,35,36)/t17-,26+. The first-order valence-corrected chi connectivity index (χ1v) is 13.4. The molecule has 1 fully saturated rings. The summed E-state index contributed by atoms with van der Waals surface area (Å²) >= 11 is 1.35. The average molecular weight is 570 g/mol. The lowest BCUT2D eigenvalue weighted by Crippen LogP contribution is -2.38. The topological polar surface area (TPSA) is 126 Å². The van der Waals surface area contributed by atoms with Gasteiger partial charge in [0.2, 0.25) is 11.9 Å². The molecule has 208 valence electrons. The number of aliphatic hydroxyl groups is 1. The van der Waals surface area contributed by atoms with Gasteiger partial charge in [0.1, 0.15) is 16.3 Å². The number of thiazole rings is 1. The maximum absolute atomic E-state index is 13.0. The Morgan fingerprint density at radius 3 is 2.67 bits per heavy atom. The van der Waals surface area contributed by atoms with Gasteiger partial charge in [-0.05, 0) is 74.1 Å². The number of alkyl halides is 3. The van der Waals surface area contributed by atoms with Crippen molar-refractivity contribution >= 4 is 28.9 Å². The highest BCUT2D eigenvalue weighted by Gasteiger charge is 2.39. The number of benzene rings is 1. The molecule has 0 radical (unpaired) electrons. The number of amides is 1. The van der Waals surface area contributed by atoms with E-state index in [9.17, 15) is 23.1 Å². The predicted molar refractivity (Wildman–Crippen MR) is 142 cm³/mol. The Hall–Kier alpha value is -3.97. The zero-order valence-electron chi connectivity index (χ0n) is 21.4. The van der Waals surface area contributed by atoms with E-state index in [0.29, 0.717) is 48.6 Å². The molecule has 9 nitrogen and oxygen atoms in total. The van der Waals surface area contributed by atoms with Gasteiger partial charge in [0.25, 0.3) is 0 Å². The summed E-state index contributed by atoms with van der Waals surface area (Å²) in [5.41, 5.74) is 0.691. The Morgan fingerprint density at radius 2 is 1.95 bits per heavy atom. The third-order valence-electron chi connectivity index (χ3n) is 6.72. The number of anilines is 2. The van der Waals surface area contributed by atoms with E-state index in [1.54, 1.807) is 36.7 Å². The van der Waals surface area contributed by atoms with Crippen LogP contribution in [0.15, 0.2) is 55.0 Å². The highest BCUT2D eigenvalue weighted by atomic mass is 32.1. The molecule has 5 rings (SSSR count). The molecule has 0 aliphatic heterocycles. The molecule has 3 N–H and O–H groups in total. The van der Waals surface area contributed by atoms with Crippen LogP contribution < -0.4 is 10.6 Å². The molecule has 1 saturated carbocycles. The maximum Gasteiger partial charge on any atom is 0.433 e. The maximum atomic E-state index is 13.0. The number of rotatable bonds is 7. The van der Waals surface area contributed by atoms with E-state index >= 15 is 0 Å². The van der Waals surface area contributed by atoms with E-state index in [1.807, 2.05) is 13.0 Å². The number of aromatic nitrogens is 5. The Morgan fingerprint density at radius 1 is 1.15 bits per heavy atom. The molecule has 40 heavy (non-hydrogen) atoms. The zero-order chi connectivity index (χ0) is 28.3. The third-order valence-corrected chi connectivity index (χ3v) is 7.96. The van der Waals surface area contributed by atoms with Crippen LogP contribution in [0.25, 0.3) is 10.4 Å². The first-order chi connectivity index (χ1) is 19.1. The number of carbonyl (C=O) groups is 1. The van der Waals surface area contributed by atoms with Crippen LogP contribution >= 0.6 is 11.3 Å². The lowest BCUT2D eigenvalue weighted by atomic mass is 9.78. The fraction of sp³-hybridized carbons (Fsp3) is 0.333. The van der Waals surface area contributed by atoms with Gasteiger partial charge in [-0.3, -0.25) is 4.79 Å². The van der Waals surface area contributed by atoms with E-state index < -0.39 is 17.5 Å². The van der Waals surface area contributed by atoms with Crippen molar-refractivity contribution < 1.29 is 23.1 Å². The molecular formula is C27H26F3N7O2S. The number of hydrogen-bond donors (Lipinski definition) is 3. The van der Waals surface area contributed by atoms with Crippen molar-refractivity contribution in [2.24, 2.45) is 5.92 Å². The molecule has 0 saturated heterocycles. The minimum Gasteiger partial charge on any atom is -0.383 e. The van der Waals surface area contributed by atoms with E-state index in [1.165, 1.54) is 11.3 Å². The molecule has 0 unspecified atom stereocenters. The lowest BCUT2D eigenvalue weighted by molar-refractivity contribution is -0.141. The van der Waals surface area contributed by atoms with Crippen LogP contribution in [0.5, 0.6) is 0 Å². The normalized spacial score (nSPS) is 19.3. The Bertz CT molecular complexity index is 1490. The number of aryl methyl sites for hydroxylation is 1. The number of carbonyl (C=O) groups excluding carboxylic acids is 1. The van der Waals surface area contributed by atoms with Crippen LogP contribution in [0.2, 0.25) is 0 Å². The Labute approximate surface area is 232 Å². The third kappa shape index (κ3) is 6.42. The van der Waals surface area contributed by atoms with Crippen LogP contribution in [0.4, 0.5) is 24.8 Å². The second-order valence-corrected chi connectivity index (χ2v) is 10.8. The van der Waals surface area contributed by atoms with Crippen LogP contribution in [0, 0.1) is 12.8 Å². The van der Waals surface area contributed by atoms with Crippen molar-refractivity contribution in [3.05, 3.63) is 76.9 Å². The second-order valence-electron chi connectivity index (χ2n) is 9.74. The molecule has 1 aliphatic carbocycles. The zero-order valence-corrected chi connectivity index (χ0v) is 22.3. The van der Waals surface area contributed by atoms with Gasteiger partial charge in [-0.25, -0.2) is 15.0 Å². The SMILES string of the molecule is Cc1cc(Nc2nccc(C(F)(F)F)n2)cc(-c2cnc([C@]3(O)CC[C@@H](C(=O)NCc4cccnn4)CC3)s2)c1. The Kier molecular flexibility index (Phi) is 7.76. The molecule has 1 aliphatic rings. The predicted octanol–water partition coefficient (Wildman–Crippen LogP) is 5.16. The molecule has 1 amide bonds. The largest absolute Gasteiger partial charge is 0.433 e. The molecule has 3 aromatic heterocycles. The second kappa shape index (κ2) is 11.3. The molecule has 4 aromatic rings. The number of nitrogens with one attached hydrogen (secondary N) is 2. The first kappa shape index (κ1) is 27.6. The molecular weight excluding hydrogens is 543 g/mol. The summed E-state index contributed by atoms with van der Waals surface area (Å²) in [6, 6.07) is 9.85. The van der Waals surface area contributed by atoms with Crippen molar-refractivity contribution in [1.82, 2.24) is 30.5 Å². The van der Waals surface area contributed by atoms with E-state index in [-0.39, 0.29) is 17.8 Å². The summed E-state index contributed by atoms with van der Waals surface area (Å²) < 4.78 is 39.1. The minimum atomic E-state index is -4.57. The molecule has 0 atom stereocenters. The fourth-order valence-corrected chi connectivity index (χ4v) is 5.70. The molecule has 0 spiro atoms. The quantitative estimate of drug-likeness (QED) is 0.279. The fourth-order valence-electron chi connectivity index (χ4n) is 4.65. The van der Waals surface area contributed by atoms with Gasteiger partial charge < -0.3 is 15.7 Å². The summed E-state index contributed by atoms with van der Waals surface area (Å²) in [5, 5.41) is 25.5. The van der Waals surface area contributed by atoms with E-state index in [2.05, 4.69) is 35.8 Å². The van der Waals surface area contributed by atoms with Crippen molar-refractivity contribution in [3.63, 3.8) is 0 Å². The summed E-state index contributed by atoms with van der Waals surface area (Å²) in [6.45, 7) is 2.17. The van der Waals surface area contributed by atoms with E-state index in [0.717, 1.165) is 28.3 Å². The van der Waals surface area contributed by atoms with Gasteiger partial charge >= 0.3 is 6.18 Å². The number of halogens is 3. The van der Waals surface area contributed by atoms with Crippen LogP contribution in [0.3, 0.4) is 0 Å². The average Bonchev–Trinajstić information content (AvgIpc) is 3.44. The van der Waals surface area contributed by atoms with Crippen molar-refractivity contribution in [1.29, 1.82) is 0 Å². The van der Waals surface area contributed by atoms with E-state index in [4.69, 9.17) is 0 Å². The first-order valence-electron chi connectivity index (χ1n) is 12.6. The molecule has 1 aromatic carbocycles. The van der Waals surface area contributed by atoms with Gasteiger partial charge in [-0.1, -0.05) is 6.07 Å². The van der Waals surface area contributed by atoms with Gasteiger partial charge in [-0.2, -0.15) is 23.4 Å². The van der Waals surface area contributed by atoms with Crippen molar-refractivity contribution in [2.45, 2.75) is 50.9 Å². The van der Waals surface area contributed by atoms with Crippen LogP contribution in [-0.2, 0) is 23.1 Å². The molecule has 3 heterocycles. The summed E-state index contributed by atoms with van der Waals surface area (Å²) in [6.07, 6.45) is 1.57. The van der Waals surface area contributed by atoms with Crippen LogP contribution in [-0.4, -0.2) is 36.2 Å². The summed E-state index contributed by atoms with van der Waals surface area (Å²) in [5.74, 6) is -0.444. The van der Waals surface area contributed by atoms with Crippen molar-refractivity contribution in [2.75, 3.05) is 5.32 Å². The van der Waals surface area contributed by atoms with Gasteiger partial charge in [0, 0.05) is 30.2 Å². The monoisotopic (exact) mass is 569 g/mol. The Balaban J connectivity index is 1.24. The van der Waals surface area contributed by atoms with Gasteiger partial charge in [-0.15, -0.1) is 11.3 Å². The highest BCUT2D eigenvalue weighted by molar-refractivity contribution is 7.15. The van der Waals surface area contributed by atoms with Crippen molar-refractivity contribution in [3.8, 4) is 10.4 Å². The minimum absolute atomic E-state index is 0.0722. The lowest BCUT2D eigenvalue weighted by Gasteiger charge is -2.33. The molecule has 0 bridgehead atoms. The van der Waals surface area contributed by atoms with Gasteiger partial charge in [0.05, 0.1) is 17.1 Å². The number of nitrogens with zero attached hydrogens (tertiary/aromatic N) is 5. The molecule has 13 heteroatoms. The summed E-state index contributed by atoms with van der Waals surface area (Å²) in [7, 11) is 0. The number of hydrogen-bond acceptors (Lipinski definition) is 9. The smallest absolute Gasteiger partial charge is 0.383 e. The van der Waals surface area contributed by atoms with Crippen LogP contribution in [0.1, 0.15) is 47.6 Å².